The summed E-state index contributed by atoms with van der Waals surface area (Å²) in [5.74, 6) is 0.729. The Balaban J connectivity index is 1.49. The summed E-state index contributed by atoms with van der Waals surface area (Å²) in [5, 5.41) is 0. The quantitative estimate of drug-likeness (QED) is 0.255. The summed E-state index contributed by atoms with van der Waals surface area (Å²) < 4.78 is 0. The van der Waals surface area contributed by atoms with E-state index >= 15 is 0 Å². The molecule has 0 radical (unpaired) electrons. The highest BCUT2D eigenvalue weighted by molar-refractivity contribution is 5.87. The van der Waals surface area contributed by atoms with Crippen molar-refractivity contribution in [3.05, 3.63) is 107 Å². The zero-order valence-corrected chi connectivity index (χ0v) is 25.6. The predicted octanol–water partition coefficient (Wildman–Crippen LogP) is 11.3. The minimum Gasteiger partial charge on any atom is -0.336 e. The van der Waals surface area contributed by atoms with Gasteiger partial charge >= 0.3 is 0 Å². The Morgan fingerprint density at radius 3 is 2.02 bits per heavy atom. The molecule has 4 aromatic rings. The van der Waals surface area contributed by atoms with Crippen molar-refractivity contribution in [2.24, 2.45) is 0 Å². The molecule has 1 heteroatoms. The van der Waals surface area contributed by atoms with Crippen molar-refractivity contribution in [1.82, 2.24) is 0 Å². The fourth-order valence-electron chi connectivity index (χ4n) is 7.34. The highest BCUT2D eigenvalue weighted by Gasteiger charge is 2.38. The lowest BCUT2D eigenvalue weighted by molar-refractivity contribution is 0.443. The van der Waals surface area contributed by atoms with Crippen LogP contribution in [0.3, 0.4) is 0 Å². The molecular weight excluding hydrogens is 482 g/mol. The number of rotatable bonds is 4. The third-order valence-corrected chi connectivity index (χ3v) is 9.56. The van der Waals surface area contributed by atoms with E-state index in [0.717, 1.165) is 5.92 Å². The van der Waals surface area contributed by atoms with Crippen LogP contribution in [0.15, 0.2) is 78.9 Å². The number of anilines is 2. The fraction of sp³-hybridized carbons (Fsp3) is 0.385. The van der Waals surface area contributed by atoms with Crippen molar-refractivity contribution in [1.29, 1.82) is 0 Å². The molecule has 1 saturated carbocycles. The molecule has 0 atom stereocenters. The Labute approximate surface area is 242 Å². The van der Waals surface area contributed by atoms with Gasteiger partial charge in [0.05, 0.1) is 0 Å². The molecule has 2 aliphatic rings. The lowest BCUT2D eigenvalue weighted by Crippen LogP contribution is -2.38. The van der Waals surface area contributed by atoms with Gasteiger partial charge in [-0.05, 0) is 116 Å². The Morgan fingerprint density at radius 1 is 0.650 bits per heavy atom. The number of hydrogen-bond donors (Lipinski definition) is 0. The molecule has 0 saturated heterocycles. The second-order valence-electron chi connectivity index (χ2n) is 13.8. The third kappa shape index (κ3) is 4.58. The first-order valence-corrected chi connectivity index (χ1v) is 15.3. The van der Waals surface area contributed by atoms with Crippen molar-refractivity contribution in [2.75, 3.05) is 4.90 Å². The fourth-order valence-corrected chi connectivity index (χ4v) is 7.34. The van der Waals surface area contributed by atoms with Crippen LogP contribution < -0.4 is 4.90 Å². The minimum absolute atomic E-state index is 0.00827. The Kier molecular flexibility index (Phi) is 6.68. The molecule has 6 rings (SSSR count). The van der Waals surface area contributed by atoms with Crippen LogP contribution in [0.4, 0.5) is 11.4 Å². The van der Waals surface area contributed by atoms with Gasteiger partial charge < -0.3 is 4.90 Å². The van der Waals surface area contributed by atoms with Crippen LogP contribution in [0.2, 0.25) is 0 Å². The van der Waals surface area contributed by atoms with Gasteiger partial charge in [0.25, 0.3) is 0 Å². The Morgan fingerprint density at radius 2 is 1.32 bits per heavy atom. The van der Waals surface area contributed by atoms with Crippen LogP contribution in [-0.2, 0) is 5.41 Å². The van der Waals surface area contributed by atoms with Crippen LogP contribution in [-0.4, -0.2) is 5.54 Å². The zero-order valence-electron chi connectivity index (χ0n) is 25.6. The summed E-state index contributed by atoms with van der Waals surface area (Å²) >= 11 is 0. The topological polar surface area (TPSA) is 3.24 Å². The molecule has 0 heterocycles. The zero-order chi connectivity index (χ0) is 28.2. The SMILES string of the molecule is Cc1ccc(-c2ccccc2)cc1N(c1cc2c(cc1C)C(C)(C)c1cc(C3CCCCC3)ccc1-2)C(C)(C)C. The van der Waals surface area contributed by atoms with Crippen molar-refractivity contribution >= 4 is 11.4 Å². The van der Waals surface area contributed by atoms with Gasteiger partial charge in [0, 0.05) is 22.3 Å². The molecule has 206 valence electrons. The molecular formula is C39H45N. The van der Waals surface area contributed by atoms with Gasteiger partial charge in [0.2, 0.25) is 0 Å². The van der Waals surface area contributed by atoms with E-state index in [2.05, 4.69) is 132 Å². The second-order valence-corrected chi connectivity index (χ2v) is 13.8. The molecule has 0 bridgehead atoms. The predicted molar refractivity (Wildman–Crippen MR) is 173 cm³/mol. The maximum Gasteiger partial charge on any atom is 0.0451 e. The van der Waals surface area contributed by atoms with Crippen LogP contribution in [0.25, 0.3) is 22.3 Å². The minimum atomic E-state index is -0.0964. The van der Waals surface area contributed by atoms with E-state index < -0.39 is 0 Å². The molecule has 1 fully saturated rings. The van der Waals surface area contributed by atoms with Gasteiger partial charge in [-0.1, -0.05) is 99.8 Å². The number of aryl methyl sites for hydroxylation is 2. The highest BCUT2D eigenvalue weighted by Crippen LogP contribution is 2.52. The summed E-state index contributed by atoms with van der Waals surface area (Å²) in [4.78, 5) is 2.58. The van der Waals surface area contributed by atoms with Crippen molar-refractivity contribution in [2.45, 2.75) is 97.4 Å². The van der Waals surface area contributed by atoms with Crippen molar-refractivity contribution < 1.29 is 0 Å². The normalized spacial score (nSPS) is 16.5. The van der Waals surface area contributed by atoms with Crippen molar-refractivity contribution in [3.8, 4) is 22.3 Å². The maximum atomic E-state index is 2.58. The summed E-state index contributed by atoms with van der Waals surface area (Å²) in [6.07, 6.45) is 6.84. The Hall–Kier alpha value is -3.32. The maximum absolute atomic E-state index is 2.58. The molecule has 0 amide bonds. The van der Waals surface area contributed by atoms with E-state index in [1.807, 2.05) is 0 Å². The van der Waals surface area contributed by atoms with E-state index in [1.165, 1.54) is 88.0 Å². The van der Waals surface area contributed by atoms with E-state index in [0.29, 0.717) is 0 Å². The van der Waals surface area contributed by atoms with Crippen LogP contribution in [0.1, 0.15) is 100 Å². The van der Waals surface area contributed by atoms with Gasteiger partial charge in [0.15, 0.2) is 0 Å². The van der Waals surface area contributed by atoms with E-state index in [9.17, 15) is 0 Å². The number of hydrogen-bond acceptors (Lipinski definition) is 1. The first kappa shape index (κ1) is 26.9. The molecule has 2 aliphatic carbocycles. The Bertz CT molecular complexity index is 1540. The van der Waals surface area contributed by atoms with E-state index in [1.54, 1.807) is 5.56 Å². The van der Waals surface area contributed by atoms with Gasteiger partial charge in [-0.15, -0.1) is 0 Å². The molecule has 0 N–H and O–H groups in total. The molecule has 0 aliphatic heterocycles. The summed E-state index contributed by atoms with van der Waals surface area (Å²) in [6, 6.07) is 30.1. The lowest BCUT2D eigenvalue weighted by atomic mass is 9.78. The molecule has 0 aromatic heterocycles. The molecule has 40 heavy (non-hydrogen) atoms. The second kappa shape index (κ2) is 9.95. The molecule has 0 spiro atoms. The first-order chi connectivity index (χ1) is 19.1. The molecule has 0 unspecified atom stereocenters. The summed E-state index contributed by atoms with van der Waals surface area (Å²) in [6.45, 7) is 16.4. The van der Waals surface area contributed by atoms with Crippen molar-refractivity contribution in [3.63, 3.8) is 0 Å². The largest absolute Gasteiger partial charge is 0.336 e. The van der Waals surface area contributed by atoms with E-state index in [-0.39, 0.29) is 11.0 Å². The van der Waals surface area contributed by atoms with Crippen LogP contribution >= 0.6 is 0 Å². The standard InChI is InChI=1S/C39H45N/c1-26-18-19-31(29-16-12-9-13-17-29)24-36(26)40(38(3,4)5)37-25-33-32-21-20-30(28-14-10-8-11-15-28)23-35(32)39(6,7)34(33)22-27(37)2/h9,12-13,16-25,28H,8,10-11,14-15H2,1-7H3. The number of nitrogens with zero attached hydrogens (tertiary/aromatic N) is 1. The number of fused-ring (bicyclic) bond motifs is 3. The van der Waals surface area contributed by atoms with E-state index in [4.69, 9.17) is 0 Å². The van der Waals surface area contributed by atoms with Gasteiger partial charge in [-0.25, -0.2) is 0 Å². The molecule has 4 aromatic carbocycles. The summed E-state index contributed by atoms with van der Waals surface area (Å²) in [5.41, 5.74) is 15.0. The molecule has 1 nitrogen and oxygen atoms in total. The highest BCUT2D eigenvalue weighted by atomic mass is 15.2. The summed E-state index contributed by atoms with van der Waals surface area (Å²) in [7, 11) is 0. The first-order valence-electron chi connectivity index (χ1n) is 15.3. The van der Waals surface area contributed by atoms with Gasteiger partial charge in [-0.3, -0.25) is 0 Å². The number of benzene rings is 4. The van der Waals surface area contributed by atoms with Gasteiger partial charge in [-0.2, -0.15) is 0 Å². The third-order valence-electron chi connectivity index (χ3n) is 9.56. The van der Waals surface area contributed by atoms with Gasteiger partial charge in [0.1, 0.15) is 0 Å². The average Bonchev–Trinajstić information content (AvgIpc) is 3.15. The smallest absolute Gasteiger partial charge is 0.0451 e. The average molecular weight is 528 g/mol. The monoisotopic (exact) mass is 527 g/mol. The van der Waals surface area contributed by atoms with Crippen LogP contribution in [0.5, 0.6) is 0 Å². The lowest BCUT2D eigenvalue weighted by Gasteiger charge is -2.40. The van der Waals surface area contributed by atoms with Crippen LogP contribution in [0, 0.1) is 13.8 Å².